The first-order valence-corrected chi connectivity index (χ1v) is 13.0. The smallest absolute Gasteiger partial charge is 0.270 e. The molecule has 2 aromatic heterocycles. The molecular weight excluding hydrogens is 486 g/mol. The van der Waals surface area contributed by atoms with Gasteiger partial charge in [0.05, 0.1) is 12.8 Å². The molecule has 6 nitrogen and oxygen atoms in total. The molecule has 0 spiro atoms. The van der Waals surface area contributed by atoms with E-state index >= 15 is 0 Å². The lowest BCUT2D eigenvalue weighted by molar-refractivity contribution is -0.0495. The Morgan fingerprint density at radius 2 is 1.92 bits per heavy atom. The highest BCUT2D eigenvalue weighted by atomic mass is 35.5. The molecule has 0 radical (unpaired) electrons. The number of carbonyl (C=O) groups excluding carboxylic acids is 1. The number of benzene rings is 1. The zero-order chi connectivity index (χ0) is 25.3. The van der Waals surface area contributed by atoms with Gasteiger partial charge in [-0.3, -0.25) is 9.36 Å². The summed E-state index contributed by atoms with van der Waals surface area (Å²) in [6, 6.07) is 11.4. The summed E-state index contributed by atoms with van der Waals surface area (Å²) in [5.41, 5.74) is 1.70. The maximum absolute atomic E-state index is 13.7. The quantitative estimate of drug-likeness (QED) is 0.372. The van der Waals surface area contributed by atoms with Crippen molar-refractivity contribution >= 4 is 28.5 Å². The number of piperidine rings is 1. The normalized spacial score (nSPS) is 20.2. The Labute approximate surface area is 214 Å². The lowest BCUT2D eigenvalue weighted by Gasteiger charge is -2.31. The summed E-state index contributed by atoms with van der Waals surface area (Å²) >= 11 is 6.08. The van der Waals surface area contributed by atoms with Crippen LogP contribution in [0.3, 0.4) is 0 Å². The van der Waals surface area contributed by atoms with E-state index < -0.39 is 5.92 Å². The van der Waals surface area contributed by atoms with Crippen LogP contribution in [0.1, 0.15) is 49.5 Å². The van der Waals surface area contributed by atoms with E-state index in [0.717, 1.165) is 30.6 Å². The number of aromatic nitrogens is 2. The molecule has 1 amide bonds. The van der Waals surface area contributed by atoms with Crippen LogP contribution in [-0.2, 0) is 0 Å². The second-order valence-electron chi connectivity index (χ2n) is 9.80. The summed E-state index contributed by atoms with van der Waals surface area (Å²) in [4.78, 5) is 22.1. The summed E-state index contributed by atoms with van der Waals surface area (Å²) in [5, 5.41) is 1.33. The lowest BCUT2D eigenvalue weighted by atomic mass is 10.1. The number of rotatable bonds is 7. The molecule has 1 atom stereocenters. The Morgan fingerprint density at radius 3 is 2.61 bits per heavy atom. The van der Waals surface area contributed by atoms with E-state index in [4.69, 9.17) is 16.3 Å². The molecule has 4 heterocycles. The number of hydrogen-bond acceptors (Lipinski definition) is 4. The molecule has 1 unspecified atom stereocenters. The lowest BCUT2D eigenvalue weighted by Crippen LogP contribution is -2.43. The minimum absolute atomic E-state index is 0.0192. The second kappa shape index (κ2) is 10.3. The van der Waals surface area contributed by atoms with Crippen molar-refractivity contribution in [2.45, 2.75) is 51.0 Å². The number of likely N-dealkylation sites (tertiary alicyclic amines) is 2. The van der Waals surface area contributed by atoms with Gasteiger partial charge in [-0.25, -0.2) is 13.8 Å². The molecule has 36 heavy (non-hydrogen) atoms. The first-order chi connectivity index (χ1) is 17.3. The number of carbonyl (C=O) groups is 1. The molecule has 2 aliphatic rings. The van der Waals surface area contributed by atoms with Crippen molar-refractivity contribution < 1.29 is 18.3 Å². The van der Waals surface area contributed by atoms with E-state index in [-0.39, 0.29) is 31.8 Å². The monoisotopic (exact) mass is 516 g/mol. The third-order valence-corrected chi connectivity index (χ3v) is 7.50. The number of amides is 1. The molecule has 0 saturated carbocycles. The molecule has 0 bridgehead atoms. The van der Waals surface area contributed by atoms with Gasteiger partial charge >= 0.3 is 0 Å². The van der Waals surface area contributed by atoms with E-state index in [2.05, 4.69) is 16.8 Å². The van der Waals surface area contributed by atoms with Crippen LogP contribution in [0.15, 0.2) is 42.6 Å². The van der Waals surface area contributed by atoms with Crippen LogP contribution in [0.25, 0.3) is 16.7 Å². The number of fused-ring (bicyclic) bond motifs is 1. The Hall–Kier alpha value is -2.71. The van der Waals surface area contributed by atoms with E-state index in [9.17, 15) is 13.6 Å². The van der Waals surface area contributed by atoms with Gasteiger partial charge in [0.1, 0.15) is 17.1 Å². The largest absolute Gasteiger partial charge is 0.492 e. The van der Waals surface area contributed by atoms with Crippen LogP contribution in [0, 0.1) is 0 Å². The molecule has 0 aliphatic carbocycles. The van der Waals surface area contributed by atoms with Gasteiger partial charge < -0.3 is 14.5 Å². The van der Waals surface area contributed by atoms with Gasteiger partial charge in [-0.1, -0.05) is 11.6 Å². The van der Waals surface area contributed by atoms with Gasteiger partial charge in [0.25, 0.3) is 11.8 Å². The summed E-state index contributed by atoms with van der Waals surface area (Å²) in [7, 11) is 0. The molecule has 5 rings (SSSR count). The number of alkyl halides is 2. The van der Waals surface area contributed by atoms with Crippen molar-refractivity contribution in [2.75, 3.05) is 32.8 Å². The molecule has 192 valence electrons. The van der Waals surface area contributed by atoms with Crippen LogP contribution in [-0.4, -0.2) is 70.0 Å². The first kappa shape index (κ1) is 25.0. The van der Waals surface area contributed by atoms with Crippen molar-refractivity contribution in [3.63, 3.8) is 0 Å². The Morgan fingerprint density at radius 1 is 1.17 bits per heavy atom. The number of halogens is 3. The third kappa shape index (κ3) is 5.34. The summed E-state index contributed by atoms with van der Waals surface area (Å²) in [6.07, 6.45) is 4.46. The van der Waals surface area contributed by atoms with Gasteiger partial charge in [-0.2, -0.15) is 0 Å². The standard InChI is InChI=1S/C27H31ClF2N4O2/c1-19-4-2-11-32(19)12-3-15-36-23-16-20-17-24(26(35)33-13-9-27(29,30)10-14-33)34(25(20)31-18-23)22-7-5-21(28)6-8-22/h5-8,16-19H,2-4,9-15H2,1H3. The SMILES string of the molecule is CC1CCCN1CCCOc1cnc2c(c1)cc(C(=O)N1CCC(F)(F)CC1)n2-c1ccc(Cl)cc1. The highest BCUT2D eigenvalue weighted by Gasteiger charge is 2.36. The fourth-order valence-electron chi connectivity index (χ4n) is 5.14. The predicted molar refractivity (Wildman–Crippen MR) is 137 cm³/mol. The summed E-state index contributed by atoms with van der Waals surface area (Å²) in [5.74, 6) is -2.37. The molecule has 2 saturated heterocycles. The second-order valence-corrected chi connectivity index (χ2v) is 10.2. The van der Waals surface area contributed by atoms with Crippen LogP contribution in [0.2, 0.25) is 5.02 Å². The maximum atomic E-state index is 13.7. The van der Waals surface area contributed by atoms with E-state index in [0.29, 0.717) is 34.8 Å². The third-order valence-electron chi connectivity index (χ3n) is 7.25. The van der Waals surface area contributed by atoms with Crippen molar-refractivity contribution in [3.05, 3.63) is 53.3 Å². The minimum atomic E-state index is -2.72. The van der Waals surface area contributed by atoms with Crippen molar-refractivity contribution in [1.29, 1.82) is 0 Å². The van der Waals surface area contributed by atoms with Crippen molar-refractivity contribution in [3.8, 4) is 11.4 Å². The molecule has 1 aromatic carbocycles. The minimum Gasteiger partial charge on any atom is -0.492 e. The fraction of sp³-hybridized carbons (Fsp3) is 0.481. The highest BCUT2D eigenvalue weighted by molar-refractivity contribution is 6.30. The molecular formula is C27H31ClF2N4O2. The van der Waals surface area contributed by atoms with Gasteiger partial charge in [-0.15, -0.1) is 0 Å². The van der Waals surface area contributed by atoms with Gasteiger partial charge in [0.2, 0.25) is 0 Å². The highest BCUT2D eigenvalue weighted by Crippen LogP contribution is 2.31. The molecule has 2 aliphatic heterocycles. The van der Waals surface area contributed by atoms with Crippen molar-refractivity contribution in [1.82, 2.24) is 19.4 Å². The topological polar surface area (TPSA) is 50.6 Å². The van der Waals surface area contributed by atoms with Gasteiger partial charge in [0.15, 0.2) is 0 Å². The average molecular weight is 517 g/mol. The van der Waals surface area contributed by atoms with Crippen LogP contribution in [0.5, 0.6) is 5.75 Å². The Kier molecular flexibility index (Phi) is 7.17. The fourth-order valence-corrected chi connectivity index (χ4v) is 5.27. The summed E-state index contributed by atoms with van der Waals surface area (Å²) in [6.45, 7) is 5.06. The first-order valence-electron chi connectivity index (χ1n) is 12.6. The molecule has 0 N–H and O–H groups in total. The zero-order valence-electron chi connectivity index (χ0n) is 20.4. The number of hydrogen-bond donors (Lipinski definition) is 0. The number of nitrogens with zero attached hydrogens (tertiary/aromatic N) is 4. The number of pyridine rings is 1. The molecule has 3 aromatic rings. The number of ether oxygens (including phenoxy) is 1. The van der Waals surface area contributed by atoms with Crippen LogP contribution in [0.4, 0.5) is 8.78 Å². The Bertz CT molecular complexity index is 1220. The van der Waals surface area contributed by atoms with E-state index in [1.54, 1.807) is 29.0 Å². The summed E-state index contributed by atoms with van der Waals surface area (Å²) < 4.78 is 35.1. The predicted octanol–water partition coefficient (Wildman–Crippen LogP) is 5.80. The van der Waals surface area contributed by atoms with Crippen LogP contribution >= 0.6 is 11.6 Å². The Balaban J connectivity index is 1.38. The average Bonchev–Trinajstić information content (AvgIpc) is 3.45. The maximum Gasteiger partial charge on any atom is 0.270 e. The van der Waals surface area contributed by atoms with Gasteiger partial charge in [-0.05, 0) is 69.1 Å². The van der Waals surface area contributed by atoms with Crippen LogP contribution < -0.4 is 4.74 Å². The van der Waals surface area contributed by atoms with Crippen molar-refractivity contribution in [2.24, 2.45) is 0 Å². The zero-order valence-corrected chi connectivity index (χ0v) is 21.2. The van der Waals surface area contributed by atoms with E-state index in [1.165, 1.54) is 17.7 Å². The molecule has 2 fully saturated rings. The molecule has 9 heteroatoms. The van der Waals surface area contributed by atoms with Gasteiger partial charge in [0, 0.05) is 54.6 Å². The van der Waals surface area contributed by atoms with E-state index in [1.807, 2.05) is 18.2 Å².